The maximum atomic E-state index is 11.6. The highest BCUT2D eigenvalue weighted by Gasteiger charge is 2.25. The van der Waals surface area contributed by atoms with E-state index in [1.165, 1.54) is 0 Å². The number of benzene rings is 1. The number of para-hydroxylation sites is 1. The fourth-order valence-corrected chi connectivity index (χ4v) is 2.33. The number of halogens is 1. The lowest BCUT2D eigenvalue weighted by molar-refractivity contribution is 0.0512. The van der Waals surface area contributed by atoms with Crippen LogP contribution >= 0.6 is 15.9 Å². The predicted molar refractivity (Wildman–Crippen MR) is 69.3 cm³/mol. The molecule has 3 rings (SSSR count). The van der Waals surface area contributed by atoms with Crippen LogP contribution in [0.2, 0.25) is 0 Å². The molecule has 0 saturated heterocycles. The second-order valence-electron chi connectivity index (χ2n) is 3.86. The highest BCUT2D eigenvalue weighted by molar-refractivity contribution is 9.10. The number of aromatic nitrogens is 3. The number of nitrogens with zero attached hydrogens (tertiary/aromatic N) is 3. The van der Waals surface area contributed by atoms with Gasteiger partial charge in [0.2, 0.25) is 0 Å². The van der Waals surface area contributed by atoms with E-state index in [0.717, 1.165) is 10.2 Å². The number of ether oxygens (including phenoxy) is 2. The smallest absolute Gasteiger partial charge is 0.378 e. The van der Waals surface area contributed by atoms with Crippen LogP contribution in [-0.2, 0) is 11.3 Å². The molecule has 0 unspecified atom stereocenters. The molecule has 0 saturated carbocycles. The van der Waals surface area contributed by atoms with Gasteiger partial charge < -0.3 is 9.47 Å². The first-order valence-corrected chi connectivity index (χ1v) is 6.54. The average Bonchev–Trinajstić information content (AvgIpc) is 2.84. The third-order valence-corrected chi connectivity index (χ3v) is 3.28. The second-order valence-corrected chi connectivity index (χ2v) is 4.72. The molecule has 1 aliphatic heterocycles. The summed E-state index contributed by atoms with van der Waals surface area (Å²) < 4.78 is 12.9. The quantitative estimate of drug-likeness (QED) is 0.792. The van der Waals surface area contributed by atoms with E-state index in [2.05, 4.69) is 26.0 Å². The fourth-order valence-electron chi connectivity index (χ4n) is 1.86. The van der Waals surface area contributed by atoms with Crippen LogP contribution in [0.3, 0.4) is 0 Å². The molecule has 0 bridgehead atoms. The SMILES string of the molecule is CCOC(=O)c1nc2n(n1)-c1cccc(Br)c1OC2. The average molecular weight is 324 g/mol. The highest BCUT2D eigenvalue weighted by atomic mass is 79.9. The van der Waals surface area contributed by atoms with Gasteiger partial charge in [0, 0.05) is 0 Å². The molecule has 1 aliphatic rings. The van der Waals surface area contributed by atoms with Gasteiger partial charge in [0.05, 0.1) is 11.1 Å². The molecule has 0 atom stereocenters. The van der Waals surface area contributed by atoms with E-state index in [-0.39, 0.29) is 12.4 Å². The first-order valence-electron chi connectivity index (χ1n) is 5.75. The number of fused-ring (bicyclic) bond motifs is 3. The van der Waals surface area contributed by atoms with E-state index in [0.29, 0.717) is 18.2 Å². The Hall–Kier alpha value is -1.89. The molecule has 1 aromatic heterocycles. The lowest BCUT2D eigenvalue weighted by Crippen LogP contribution is -2.14. The minimum atomic E-state index is -0.527. The molecule has 0 spiro atoms. The summed E-state index contributed by atoms with van der Waals surface area (Å²) >= 11 is 3.42. The number of rotatable bonds is 2. The van der Waals surface area contributed by atoms with E-state index in [4.69, 9.17) is 9.47 Å². The van der Waals surface area contributed by atoms with Crippen molar-refractivity contribution in [2.24, 2.45) is 0 Å². The van der Waals surface area contributed by atoms with Gasteiger partial charge in [-0.05, 0) is 35.0 Å². The molecule has 7 heteroatoms. The lowest BCUT2D eigenvalue weighted by atomic mass is 10.2. The van der Waals surface area contributed by atoms with Crippen molar-refractivity contribution >= 4 is 21.9 Å². The van der Waals surface area contributed by atoms with E-state index in [1.54, 1.807) is 11.6 Å². The van der Waals surface area contributed by atoms with Crippen LogP contribution in [0.15, 0.2) is 22.7 Å². The molecular weight excluding hydrogens is 314 g/mol. The summed E-state index contributed by atoms with van der Waals surface area (Å²) in [7, 11) is 0. The van der Waals surface area contributed by atoms with Gasteiger partial charge in [-0.1, -0.05) is 6.07 Å². The molecule has 0 fully saturated rings. The zero-order valence-corrected chi connectivity index (χ0v) is 11.7. The van der Waals surface area contributed by atoms with Crippen LogP contribution in [0.4, 0.5) is 0 Å². The zero-order chi connectivity index (χ0) is 13.4. The first-order chi connectivity index (χ1) is 9.20. The molecule has 0 amide bonds. The lowest BCUT2D eigenvalue weighted by Gasteiger charge is -2.18. The highest BCUT2D eigenvalue weighted by Crippen LogP contribution is 2.35. The molecule has 2 heterocycles. The Kier molecular flexibility index (Phi) is 2.98. The minimum Gasteiger partial charge on any atom is -0.482 e. The Morgan fingerprint density at radius 1 is 1.58 bits per heavy atom. The van der Waals surface area contributed by atoms with Crippen LogP contribution in [0.1, 0.15) is 23.4 Å². The number of hydrogen-bond donors (Lipinski definition) is 0. The van der Waals surface area contributed by atoms with Gasteiger partial charge in [-0.15, -0.1) is 5.10 Å². The summed E-state index contributed by atoms with van der Waals surface area (Å²) in [6.07, 6.45) is 0. The van der Waals surface area contributed by atoms with Gasteiger partial charge in [-0.3, -0.25) is 0 Å². The molecule has 19 heavy (non-hydrogen) atoms. The third-order valence-electron chi connectivity index (χ3n) is 2.65. The molecule has 0 aliphatic carbocycles. The molecule has 98 valence electrons. The maximum Gasteiger partial charge on any atom is 0.378 e. The summed E-state index contributed by atoms with van der Waals surface area (Å²) in [6, 6.07) is 5.60. The Bertz CT molecular complexity index is 654. The first kappa shape index (κ1) is 12.2. The van der Waals surface area contributed by atoms with Crippen molar-refractivity contribution < 1.29 is 14.3 Å². The predicted octanol–water partition coefficient (Wildman–Crippen LogP) is 2.10. The van der Waals surface area contributed by atoms with Gasteiger partial charge in [-0.25, -0.2) is 14.5 Å². The molecular formula is C12H10BrN3O3. The van der Waals surface area contributed by atoms with Crippen LogP contribution in [0, 0.1) is 0 Å². The van der Waals surface area contributed by atoms with Gasteiger partial charge in [-0.2, -0.15) is 0 Å². The Labute approximate surface area is 117 Å². The van der Waals surface area contributed by atoms with Crippen molar-refractivity contribution in [2.45, 2.75) is 13.5 Å². The molecule has 0 radical (unpaired) electrons. The topological polar surface area (TPSA) is 66.2 Å². The van der Waals surface area contributed by atoms with Crippen LogP contribution < -0.4 is 4.74 Å². The monoisotopic (exact) mass is 323 g/mol. The summed E-state index contributed by atoms with van der Waals surface area (Å²) in [6.45, 7) is 2.30. The summed E-state index contributed by atoms with van der Waals surface area (Å²) in [5, 5.41) is 4.18. The second kappa shape index (κ2) is 4.65. The zero-order valence-electron chi connectivity index (χ0n) is 10.1. The Morgan fingerprint density at radius 2 is 2.42 bits per heavy atom. The summed E-state index contributed by atoms with van der Waals surface area (Å²) in [4.78, 5) is 15.8. The Balaban J connectivity index is 2.07. The standard InChI is InChI=1S/C12H10BrN3O3/c1-2-18-12(17)11-14-9-6-19-10-7(13)4-3-5-8(10)16(9)15-11/h3-5H,2,6H2,1H3. The van der Waals surface area contributed by atoms with Crippen molar-refractivity contribution in [3.8, 4) is 11.4 Å². The van der Waals surface area contributed by atoms with Gasteiger partial charge in [0.25, 0.3) is 5.82 Å². The van der Waals surface area contributed by atoms with E-state index < -0.39 is 5.97 Å². The van der Waals surface area contributed by atoms with Crippen molar-refractivity contribution in [1.82, 2.24) is 14.8 Å². The van der Waals surface area contributed by atoms with Gasteiger partial charge in [0.1, 0.15) is 12.3 Å². The van der Waals surface area contributed by atoms with Crippen molar-refractivity contribution in [1.29, 1.82) is 0 Å². The minimum absolute atomic E-state index is 0.0493. The molecule has 0 N–H and O–H groups in total. The number of esters is 1. The number of hydrogen-bond acceptors (Lipinski definition) is 5. The molecule has 6 nitrogen and oxygen atoms in total. The van der Waals surface area contributed by atoms with Crippen LogP contribution in [-0.4, -0.2) is 27.3 Å². The molecule has 1 aromatic carbocycles. The van der Waals surface area contributed by atoms with Gasteiger partial charge in [0.15, 0.2) is 11.6 Å². The van der Waals surface area contributed by atoms with Crippen LogP contribution in [0.5, 0.6) is 5.75 Å². The van der Waals surface area contributed by atoms with Crippen molar-refractivity contribution in [2.75, 3.05) is 6.61 Å². The third kappa shape index (κ3) is 1.99. The van der Waals surface area contributed by atoms with Gasteiger partial charge >= 0.3 is 5.97 Å². The maximum absolute atomic E-state index is 11.6. The van der Waals surface area contributed by atoms with Crippen molar-refractivity contribution in [3.05, 3.63) is 34.3 Å². The van der Waals surface area contributed by atoms with E-state index in [1.807, 2.05) is 18.2 Å². The largest absolute Gasteiger partial charge is 0.482 e. The Morgan fingerprint density at radius 3 is 3.21 bits per heavy atom. The van der Waals surface area contributed by atoms with Crippen LogP contribution in [0.25, 0.3) is 5.69 Å². The number of carbonyl (C=O) groups excluding carboxylic acids is 1. The molecule has 2 aromatic rings. The van der Waals surface area contributed by atoms with E-state index >= 15 is 0 Å². The summed E-state index contributed by atoms with van der Waals surface area (Å²) in [5.74, 6) is 0.790. The van der Waals surface area contributed by atoms with E-state index in [9.17, 15) is 4.79 Å². The fraction of sp³-hybridized carbons (Fsp3) is 0.250. The number of carbonyl (C=O) groups is 1. The normalized spacial score (nSPS) is 12.3. The summed E-state index contributed by atoms with van der Waals surface area (Å²) in [5.41, 5.74) is 0.749. The van der Waals surface area contributed by atoms with Crippen molar-refractivity contribution in [3.63, 3.8) is 0 Å².